The SMILES string of the molecule is Cc1cc(C(Cl)CN=C(N)N)cc(C)c1OCc1ccccc1[N+](=O)[O-]. The highest BCUT2D eigenvalue weighted by molar-refractivity contribution is 6.21. The Morgan fingerprint density at radius 2 is 1.88 bits per heavy atom. The smallest absolute Gasteiger partial charge is 0.276 e. The summed E-state index contributed by atoms with van der Waals surface area (Å²) in [5.74, 6) is 0.672. The van der Waals surface area contributed by atoms with E-state index in [9.17, 15) is 10.1 Å². The predicted molar refractivity (Wildman–Crippen MR) is 103 cm³/mol. The molecule has 1 unspecified atom stereocenters. The largest absolute Gasteiger partial charge is 0.488 e. The second-order valence-corrected chi connectivity index (χ2v) is 6.42. The Kier molecular flexibility index (Phi) is 6.41. The maximum absolute atomic E-state index is 11.1. The third-order valence-electron chi connectivity index (χ3n) is 3.84. The van der Waals surface area contributed by atoms with Crippen molar-refractivity contribution in [1.29, 1.82) is 0 Å². The Morgan fingerprint density at radius 3 is 2.46 bits per heavy atom. The fourth-order valence-corrected chi connectivity index (χ4v) is 2.84. The molecular formula is C18H21ClN4O3. The first kappa shape index (κ1) is 19.5. The number of guanidine groups is 1. The van der Waals surface area contributed by atoms with Crippen LogP contribution in [-0.2, 0) is 6.61 Å². The van der Waals surface area contributed by atoms with E-state index in [-0.39, 0.29) is 30.2 Å². The van der Waals surface area contributed by atoms with E-state index in [1.165, 1.54) is 6.07 Å². The van der Waals surface area contributed by atoms with Crippen LogP contribution in [0.3, 0.4) is 0 Å². The van der Waals surface area contributed by atoms with Crippen LogP contribution in [-0.4, -0.2) is 17.4 Å². The number of nitro benzene ring substituents is 1. The topological polar surface area (TPSA) is 117 Å². The molecule has 0 bridgehead atoms. The summed E-state index contributed by atoms with van der Waals surface area (Å²) in [5, 5.41) is 10.7. The highest BCUT2D eigenvalue weighted by Gasteiger charge is 2.16. The number of alkyl halides is 1. The molecule has 2 rings (SSSR count). The normalized spacial score (nSPS) is 11.7. The minimum atomic E-state index is -0.413. The van der Waals surface area contributed by atoms with Crippen molar-refractivity contribution in [3.05, 3.63) is 68.8 Å². The molecule has 0 saturated heterocycles. The van der Waals surface area contributed by atoms with Crippen LogP contribution in [0.2, 0.25) is 0 Å². The molecule has 0 saturated carbocycles. The summed E-state index contributed by atoms with van der Waals surface area (Å²) in [6.45, 7) is 4.18. The Morgan fingerprint density at radius 1 is 1.27 bits per heavy atom. The third kappa shape index (κ3) is 4.86. The Bertz CT molecular complexity index is 812. The molecule has 2 aromatic rings. The minimum Gasteiger partial charge on any atom is -0.488 e. The maximum atomic E-state index is 11.1. The quantitative estimate of drug-likeness (QED) is 0.252. The average molecular weight is 377 g/mol. The number of rotatable bonds is 7. The number of nitrogens with two attached hydrogens (primary N) is 2. The van der Waals surface area contributed by atoms with E-state index >= 15 is 0 Å². The van der Waals surface area contributed by atoms with Gasteiger partial charge in [-0.1, -0.05) is 24.3 Å². The summed E-state index contributed by atoms with van der Waals surface area (Å²) in [6, 6.07) is 10.3. The second-order valence-electron chi connectivity index (χ2n) is 5.89. The fraction of sp³-hybridized carbons (Fsp3) is 0.278. The van der Waals surface area contributed by atoms with Crippen molar-refractivity contribution < 1.29 is 9.66 Å². The number of benzene rings is 2. The zero-order valence-corrected chi connectivity index (χ0v) is 15.4. The van der Waals surface area contributed by atoms with E-state index in [0.29, 0.717) is 11.3 Å². The number of para-hydroxylation sites is 1. The molecule has 0 spiro atoms. The Balaban J connectivity index is 2.19. The van der Waals surface area contributed by atoms with Gasteiger partial charge in [-0.3, -0.25) is 15.1 Å². The number of nitrogens with zero attached hydrogens (tertiary/aromatic N) is 2. The van der Waals surface area contributed by atoms with Crippen LogP contribution in [0.5, 0.6) is 5.75 Å². The summed E-state index contributed by atoms with van der Waals surface area (Å²) >= 11 is 6.34. The first-order valence-electron chi connectivity index (χ1n) is 7.95. The van der Waals surface area contributed by atoms with Gasteiger partial charge in [-0.25, -0.2) is 0 Å². The van der Waals surface area contributed by atoms with Gasteiger partial charge in [-0.2, -0.15) is 0 Å². The predicted octanol–water partition coefficient (Wildman–Crippen LogP) is 3.34. The van der Waals surface area contributed by atoms with E-state index in [0.717, 1.165) is 16.7 Å². The molecule has 1 atom stereocenters. The first-order valence-corrected chi connectivity index (χ1v) is 8.39. The van der Waals surface area contributed by atoms with Gasteiger partial charge in [0.2, 0.25) is 0 Å². The molecule has 0 amide bonds. The average Bonchev–Trinajstić information content (AvgIpc) is 2.58. The molecule has 8 heteroatoms. The number of hydrogen-bond donors (Lipinski definition) is 2. The molecule has 2 aromatic carbocycles. The second kappa shape index (κ2) is 8.53. The van der Waals surface area contributed by atoms with Crippen LogP contribution in [0.25, 0.3) is 0 Å². The summed E-state index contributed by atoms with van der Waals surface area (Å²) in [6.07, 6.45) is 0. The van der Waals surface area contributed by atoms with Gasteiger partial charge < -0.3 is 16.2 Å². The number of aryl methyl sites for hydroxylation is 2. The molecule has 26 heavy (non-hydrogen) atoms. The molecule has 0 fully saturated rings. The van der Waals surface area contributed by atoms with Gasteiger partial charge in [0.05, 0.1) is 22.4 Å². The van der Waals surface area contributed by atoms with Crippen molar-refractivity contribution in [1.82, 2.24) is 0 Å². The van der Waals surface area contributed by atoms with Gasteiger partial charge in [0.25, 0.3) is 5.69 Å². The monoisotopic (exact) mass is 376 g/mol. The lowest BCUT2D eigenvalue weighted by Crippen LogP contribution is -2.23. The van der Waals surface area contributed by atoms with Gasteiger partial charge >= 0.3 is 0 Å². The molecule has 0 heterocycles. The lowest BCUT2D eigenvalue weighted by molar-refractivity contribution is -0.385. The van der Waals surface area contributed by atoms with Crippen LogP contribution >= 0.6 is 11.6 Å². The maximum Gasteiger partial charge on any atom is 0.276 e. The van der Waals surface area contributed by atoms with Crippen molar-refractivity contribution in [2.24, 2.45) is 16.5 Å². The van der Waals surface area contributed by atoms with Crippen LogP contribution < -0.4 is 16.2 Å². The summed E-state index contributed by atoms with van der Waals surface area (Å²) in [4.78, 5) is 14.6. The van der Waals surface area contributed by atoms with Crippen LogP contribution in [0.4, 0.5) is 5.69 Å². The van der Waals surface area contributed by atoms with E-state index < -0.39 is 4.92 Å². The van der Waals surface area contributed by atoms with Gasteiger partial charge in [-0.15, -0.1) is 11.6 Å². The molecule has 7 nitrogen and oxygen atoms in total. The van der Waals surface area contributed by atoms with E-state index in [1.54, 1.807) is 18.2 Å². The fourth-order valence-electron chi connectivity index (χ4n) is 2.64. The molecule has 0 aliphatic rings. The lowest BCUT2D eigenvalue weighted by atomic mass is 10.0. The summed E-state index contributed by atoms with van der Waals surface area (Å²) < 4.78 is 5.86. The third-order valence-corrected chi connectivity index (χ3v) is 4.23. The Hall–Kier alpha value is -2.80. The summed E-state index contributed by atoms with van der Waals surface area (Å²) in [7, 11) is 0. The zero-order chi connectivity index (χ0) is 19.3. The Labute approximate surface area is 156 Å². The number of ether oxygens (including phenoxy) is 1. The number of nitro groups is 1. The van der Waals surface area contributed by atoms with Gasteiger partial charge in [-0.05, 0) is 36.6 Å². The molecule has 0 aliphatic heterocycles. The molecule has 4 N–H and O–H groups in total. The van der Waals surface area contributed by atoms with E-state index in [4.69, 9.17) is 27.8 Å². The van der Waals surface area contributed by atoms with Crippen molar-refractivity contribution in [3.63, 3.8) is 0 Å². The number of halogens is 1. The van der Waals surface area contributed by atoms with E-state index in [1.807, 2.05) is 26.0 Å². The molecular weight excluding hydrogens is 356 g/mol. The van der Waals surface area contributed by atoms with Crippen molar-refractivity contribution >= 4 is 23.2 Å². The van der Waals surface area contributed by atoms with Gasteiger partial charge in [0.1, 0.15) is 12.4 Å². The molecule has 0 radical (unpaired) electrons. The van der Waals surface area contributed by atoms with Crippen molar-refractivity contribution in [2.75, 3.05) is 6.54 Å². The standard InChI is InChI=1S/C18H21ClN4O3/c1-11-7-14(15(19)9-22-18(20)21)8-12(2)17(11)26-10-13-5-3-4-6-16(13)23(24)25/h3-8,15H,9-10H2,1-2H3,(H4,20,21,22). The van der Waals surface area contributed by atoms with Crippen molar-refractivity contribution in [3.8, 4) is 5.75 Å². The lowest BCUT2D eigenvalue weighted by Gasteiger charge is -2.16. The summed E-state index contributed by atoms with van der Waals surface area (Å²) in [5.41, 5.74) is 13.9. The van der Waals surface area contributed by atoms with Crippen LogP contribution in [0.15, 0.2) is 41.4 Å². The van der Waals surface area contributed by atoms with Gasteiger partial charge in [0.15, 0.2) is 5.96 Å². The highest BCUT2D eigenvalue weighted by atomic mass is 35.5. The highest BCUT2D eigenvalue weighted by Crippen LogP contribution is 2.31. The number of aliphatic imine (C=N–C) groups is 1. The molecule has 0 aliphatic carbocycles. The van der Waals surface area contributed by atoms with Crippen molar-refractivity contribution in [2.45, 2.75) is 25.8 Å². The van der Waals surface area contributed by atoms with Crippen LogP contribution in [0, 0.1) is 24.0 Å². The van der Waals surface area contributed by atoms with Gasteiger partial charge in [0, 0.05) is 6.07 Å². The first-order chi connectivity index (χ1) is 12.3. The minimum absolute atomic E-state index is 0.00602. The number of hydrogen-bond acceptors (Lipinski definition) is 4. The van der Waals surface area contributed by atoms with E-state index in [2.05, 4.69) is 4.99 Å². The van der Waals surface area contributed by atoms with Crippen LogP contribution in [0.1, 0.15) is 27.6 Å². The molecule has 138 valence electrons. The molecule has 0 aromatic heterocycles. The zero-order valence-electron chi connectivity index (χ0n) is 14.6.